The molecule has 0 aromatic carbocycles. The van der Waals surface area contributed by atoms with Gasteiger partial charge in [0.2, 0.25) is 29.5 Å². The quantitative estimate of drug-likeness (QED) is 0.0458. The van der Waals surface area contributed by atoms with Crippen LogP contribution in [-0.4, -0.2) is 89.3 Å². The van der Waals surface area contributed by atoms with E-state index in [4.69, 9.17) is 28.7 Å². The monoisotopic (exact) mass is 533 g/mol. The number of carbonyl (C=O) groups is 6. The van der Waals surface area contributed by atoms with Crippen molar-refractivity contribution < 1.29 is 33.9 Å². The Hall–Kier alpha value is -3.60. The van der Waals surface area contributed by atoms with Crippen molar-refractivity contribution in [3.05, 3.63) is 0 Å². The second kappa shape index (κ2) is 16.9. The molecule has 0 aromatic rings. The molecule has 4 unspecified atom stereocenters. The van der Waals surface area contributed by atoms with Gasteiger partial charge in [-0.05, 0) is 31.3 Å². The molecule has 5 amide bonds. The van der Waals surface area contributed by atoms with E-state index in [1.165, 1.54) is 11.8 Å². The first-order valence-electron chi connectivity index (χ1n) is 10.8. The molecule has 36 heavy (non-hydrogen) atoms. The lowest BCUT2D eigenvalue weighted by atomic mass is 10.1. The van der Waals surface area contributed by atoms with Crippen LogP contribution in [0.5, 0.6) is 0 Å². The molecule has 16 nitrogen and oxygen atoms in total. The van der Waals surface area contributed by atoms with Crippen molar-refractivity contribution in [3.63, 3.8) is 0 Å². The Kier molecular flexibility index (Phi) is 15.2. The molecule has 204 valence electrons. The number of carbonyl (C=O) groups excluding carboxylic acids is 5. The third kappa shape index (κ3) is 14.0. The number of nitrogens with one attached hydrogen (secondary N) is 3. The van der Waals surface area contributed by atoms with Crippen molar-refractivity contribution in [3.8, 4) is 0 Å². The number of carboxylic acids is 1. The number of carboxylic acid groups (broad SMARTS) is 1. The number of amides is 5. The zero-order valence-electron chi connectivity index (χ0n) is 19.9. The molecule has 0 heterocycles. The summed E-state index contributed by atoms with van der Waals surface area (Å²) in [6.07, 6.45) is 1.06. The van der Waals surface area contributed by atoms with Crippen LogP contribution in [0.4, 0.5) is 0 Å². The summed E-state index contributed by atoms with van der Waals surface area (Å²) in [7, 11) is 0. The highest BCUT2D eigenvalue weighted by molar-refractivity contribution is 7.98. The maximum atomic E-state index is 13.0. The molecule has 17 heteroatoms. The van der Waals surface area contributed by atoms with E-state index >= 15 is 0 Å². The number of aliphatic imine (C=N–C) groups is 1. The van der Waals surface area contributed by atoms with Gasteiger partial charge in [-0.25, -0.2) is 4.79 Å². The third-order valence-electron chi connectivity index (χ3n) is 4.61. The second-order valence-corrected chi connectivity index (χ2v) is 8.69. The van der Waals surface area contributed by atoms with Gasteiger partial charge in [-0.1, -0.05) is 0 Å². The fourth-order valence-electron chi connectivity index (χ4n) is 2.78. The van der Waals surface area contributed by atoms with E-state index in [-0.39, 0.29) is 25.3 Å². The van der Waals surface area contributed by atoms with Crippen LogP contribution in [-0.2, 0) is 28.8 Å². The van der Waals surface area contributed by atoms with Crippen LogP contribution < -0.4 is 44.6 Å². The van der Waals surface area contributed by atoms with Gasteiger partial charge in [-0.2, -0.15) is 11.8 Å². The highest BCUT2D eigenvalue weighted by Crippen LogP contribution is 2.05. The van der Waals surface area contributed by atoms with Crippen molar-refractivity contribution >= 4 is 53.2 Å². The fourth-order valence-corrected chi connectivity index (χ4v) is 3.27. The molecule has 14 N–H and O–H groups in total. The van der Waals surface area contributed by atoms with Crippen LogP contribution in [0.1, 0.15) is 32.1 Å². The van der Waals surface area contributed by atoms with E-state index in [0.29, 0.717) is 12.2 Å². The lowest BCUT2D eigenvalue weighted by Gasteiger charge is -2.24. The average Bonchev–Trinajstić information content (AvgIpc) is 2.77. The molecule has 0 fully saturated rings. The van der Waals surface area contributed by atoms with Crippen molar-refractivity contribution in [2.45, 2.75) is 56.3 Å². The number of guanidine groups is 1. The second-order valence-electron chi connectivity index (χ2n) is 7.70. The van der Waals surface area contributed by atoms with Gasteiger partial charge in [0, 0.05) is 6.54 Å². The molecule has 0 saturated heterocycles. The summed E-state index contributed by atoms with van der Waals surface area (Å²) < 4.78 is 0. The Morgan fingerprint density at radius 1 is 0.806 bits per heavy atom. The van der Waals surface area contributed by atoms with Gasteiger partial charge in [0.25, 0.3) is 0 Å². The molecule has 0 aliphatic heterocycles. The van der Waals surface area contributed by atoms with Crippen molar-refractivity contribution in [2.24, 2.45) is 33.7 Å². The number of nitrogens with zero attached hydrogens (tertiary/aromatic N) is 1. The number of rotatable bonds is 18. The molecule has 0 rings (SSSR count). The zero-order chi connectivity index (χ0) is 27.8. The summed E-state index contributed by atoms with van der Waals surface area (Å²) in [6.45, 7) is 0.138. The van der Waals surface area contributed by atoms with Crippen molar-refractivity contribution in [1.29, 1.82) is 0 Å². The number of nitrogens with two attached hydrogens (primary N) is 5. The first kappa shape index (κ1) is 32.4. The van der Waals surface area contributed by atoms with E-state index in [1.807, 2.05) is 11.6 Å². The maximum Gasteiger partial charge on any atom is 0.326 e. The van der Waals surface area contributed by atoms with Crippen LogP contribution in [0.25, 0.3) is 0 Å². The van der Waals surface area contributed by atoms with Crippen LogP contribution >= 0.6 is 11.8 Å². The Bertz CT molecular complexity index is 836. The molecular formula is C19H35N9O7S. The van der Waals surface area contributed by atoms with Crippen molar-refractivity contribution in [2.75, 3.05) is 18.6 Å². The third-order valence-corrected chi connectivity index (χ3v) is 5.25. The van der Waals surface area contributed by atoms with E-state index in [1.54, 1.807) is 0 Å². The van der Waals surface area contributed by atoms with Gasteiger partial charge in [0.05, 0.1) is 18.9 Å². The molecule has 0 radical (unpaired) electrons. The lowest BCUT2D eigenvalue weighted by Crippen LogP contribution is -2.58. The molecule has 0 aromatic heterocycles. The SMILES string of the molecule is CSCCC(N)C(=O)NC(CCCN=C(N)N)C(=O)NC(CC(N)=O)C(=O)NC(CC(N)=O)C(=O)O. The van der Waals surface area contributed by atoms with Gasteiger partial charge in [-0.15, -0.1) is 0 Å². The summed E-state index contributed by atoms with van der Waals surface area (Å²) in [5.41, 5.74) is 26.6. The molecule has 0 saturated carbocycles. The summed E-state index contributed by atoms with van der Waals surface area (Å²) in [6, 6.07) is -5.41. The minimum absolute atomic E-state index is 0.0357. The summed E-state index contributed by atoms with van der Waals surface area (Å²) in [4.78, 5) is 75.7. The average molecular weight is 534 g/mol. The predicted molar refractivity (Wildman–Crippen MR) is 132 cm³/mol. The number of primary amides is 2. The topological polar surface area (TPSA) is 301 Å². The number of hydrogen-bond donors (Lipinski definition) is 9. The smallest absolute Gasteiger partial charge is 0.326 e. The summed E-state index contributed by atoms with van der Waals surface area (Å²) >= 11 is 1.48. The first-order valence-corrected chi connectivity index (χ1v) is 12.2. The largest absolute Gasteiger partial charge is 0.480 e. The molecule has 0 aliphatic carbocycles. The minimum Gasteiger partial charge on any atom is -0.480 e. The number of hydrogen-bond acceptors (Lipinski definition) is 9. The molecule has 0 bridgehead atoms. The van der Waals surface area contributed by atoms with Crippen molar-refractivity contribution in [1.82, 2.24) is 16.0 Å². The molecular weight excluding hydrogens is 498 g/mol. The summed E-state index contributed by atoms with van der Waals surface area (Å²) in [5.74, 6) is -5.69. The number of thioether (sulfide) groups is 1. The van der Waals surface area contributed by atoms with E-state index in [2.05, 4.69) is 15.6 Å². The first-order chi connectivity index (χ1) is 16.8. The standard InChI is InChI=1S/C19H35N9O7S/c1-36-6-4-9(20)15(31)26-10(3-2-5-25-19(23)24)16(32)27-11(7-13(21)29)17(33)28-12(18(34)35)8-14(22)30/h9-12H,2-8,20H2,1H3,(H2,21,29)(H2,22,30)(H,26,31)(H,27,32)(H,28,33)(H,34,35)(H4,23,24,25). The summed E-state index contributed by atoms with van der Waals surface area (Å²) in [5, 5.41) is 16.0. The van der Waals surface area contributed by atoms with Crippen LogP contribution in [0.2, 0.25) is 0 Å². The van der Waals surface area contributed by atoms with Gasteiger partial charge >= 0.3 is 5.97 Å². The van der Waals surface area contributed by atoms with Crippen LogP contribution in [0.3, 0.4) is 0 Å². The zero-order valence-corrected chi connectivity index (χ0v) is 20.7. The lowest BCUT2D eigenvalue weighted by molar-refractivity contribution is -0.144. The highest BCUT2D eigenvalue weighted by atomic mass is 32.2. The molecule has 0 aliphatic rings. The van der Waals surface area contributed by atoms with E-state index < -0.39 is 72.5 Å². The van der Waals surface area contributed by atoms with Crippen LogP contribution in [0.15, 0.2) is 4.99 Å². The maximum absolute atomic E-state index is 13.0. The Labute approximate surface area is 211 Å². The fraction of sp³-hybridized carbons (Fsp3) is 0.632. The molecule has 4 atom stereocenters. The van der Waals surface area contributed by atoms with E-state index in [9.17, 15) is 33.9 Å². The number of aliphatic carboxylic acids is 1. The minimum atomic E-state index is -1.70. The van der Waals surface area contributed by atoms with Gasteiger partial charge in [0.1, 0.15) is 18.1 Å². The Balaban J connectivity index is 5.61. The Morgan fingerprint density at radius 3 is 1.81 bits per heavy atom. The van der Waals surface area contributed by atoms with E-state index in [0.717, 1.165) is 0 Å². The predicted octanol–water partition coefficient (Wildman–Crippen LogP) is -4.59. The van der Waals surface area contributed by atoms with Crippen LogP contribution in [0, 0.1) is 0 Å². The van der Waals surface area contributed by atoms with Gasteiger partial charge < -0.3 is 49.7 Å². The normalized spacial score (nSPS) is 13.8. The molecule has 0 spiro atoms. The van der Waals surface area contributed by atoms with Gasteiger partial charge in [0.15, 0.2) is 5.96 Å². The highest BCUT2D eigenvalue weighted by Gasteiger charge is 2.31. The van der Waals surface area contributed by atoms with Gasteiger partial charge in [-0.3, -0.25) is 29.0 Å². The Morgan fingerprint density at radius 2 is 1.31 bits per heavy atom.